The number of benzene rings is 1. The van der Waals surface area contributed by atoms with E-state index in [-0.39, 0.29) is 19.7 Å². The van der Waals surface area contributed by atoms with E-state index in [4.69, 9.17) is 10.5 Å². The summed E-state index contributed by atoms with van der Waals surface area (Å²) in [5.74, 6) is -5.99. The maximum absolute atomic E-state index is 12.6. The topological polar surface area (TPSA) is 92.9 Å². The Hall–Kier alpha value is -2.83. The van der Waals surface area contributed by atoms with Gasteiger partial charge < -0.3 is 15.4 Å². The van der Waals surface area contributed by atoms with Gasteiger partial charge in [0.05, 0.1) is 0 Å². The monoisotopic (exact) mass is 429 g/mol. The first kappa shape index (κ1) is 24.2. The van der Waals surface area contributed by atoms with Gasteiger partial charge in [-0.1, -0.05) is 30.3 Å². The lowest BCUT2D eigenvalue weighted by Gasteiger charge is -2.27. The number of ether oxygens (including phenoxy) is 1. The van der Waals surface area contributed by atoms with Crippen LogP contribution in [0.15, 0.2) is 30.3 Å². The van der Waals surface area contributed by atoms with Crippen molar-refractivity contribution in [3.63, 3.8) is 0 Å². The number of amides is 3. The van der Waals surface area contributed by atoms with Crippen molar-refractivity contribution < 1.29 is 45.5 Å². The van der Waals surface area contributed by atoms with Crippen molar-refractivity contribution >= 4 is 17.9 Å². The first-order valence-corrected chi connectivity index (χ1v) is 8.03. The lowest BCUT2D eigenvalue weighted by molar-refractivity contribution is -0.204. The van der Waals surface area contributed by atoms with Crippen LogP contribution in [0.3, 0.4) is 0 Å². The molecule has 2 N–H and O–H groups in total. The zero-order valence-corrected chi connectivity index (χ0v) is 14.8. The molecular weight excluding hydrogens is 412 g/mol. The third-order valence-electron chi connectivity index (χ3n) is 3.43. The fourth-order valence-corrected chi connectivity index (χ4v) is 2.08. The Bertz CT molecular complexity index is 683. The van der Waals surface area contributed by atoms with Crippen molar-refractivity contribution in [3.8, 4) is 0 Å². The van der Waals surface area contributed by atoms with Crippen LogP contribution in [0, 0.1) is 0 Å². The molecule has 0 bridgehead atoms. The molecule has 0 saturated heterocycles. The molecule has 0 aromatic heterocycles. The fraction of sp³-hybridized carbons (Fsp3) is 0.438. The zero-order chi connectivity index (χ0) is 22.2. The molecule has 0 heterocycles. The molecule has 0 atom stereocenters. The van der Waals surface area contributed by atoms with Crippen LogP contribution in [-0.4, -0.2) is 66.2 Å². The molecule has 0 saturated carbocycles. The highest BCUT2D eigenvalue weighted by Crippen LogP contribution is 2.24. The van der Waals surface area contributed by atoms with E-state index in [1.165, 1.54) is 0 Å². The van der Waals surface area contributed by atoms with E-state index in [9.17, 15) is 40.7 Å². The van der Waals surface area contributed by atoms with Crippen LogP contribution in [0.5, 0.6) is 0 Å². The minimum absolute atomic E-state index is 0.194. The Morgan fingerprint density at radius 1 is 0.862 bits per heavy atom. The van der Waals surface area contributed by atoms with Crippen molar-refractivity contribution in [1.29, 1.82) is 0 Å². The summed E-state index contributed by atoms with van der Waals surface area (Å²) in [5, 5.41) is 0. The van der Waals surface area contributed by atoms with E-state index in [0.717, 1.165) is 0 Å². The van der Waals surface area contributed by atoms with Gasteiger partial charge in [-0.2, -0.15) is 26.3 Å². The average molecular weight is 429 g/mol. The lowest BCUT2D eigenvalue weighted by atomic mass is 10.2. The number of hydrogen-bond donors (Lipinski definition) is 1. The molecule has 0 aliphatic heterocycles. The normalized spacial score (nSPS) is 11.7. The van der Waals surface area contributed by atoms with Crippen molar-refractivity contribution in [3.05, 3.63) is 35.9 Å². The second-order valence-corrected chi connectivity index (χ2v) is 5.57. The van der Waals surface area contributed by atoms with E-state index in [0.29, 0.717) is 10.5 Å². The second kappa shape index (κ2) is 10.1. The number of carbonyl (C=O) groups excluding carboxylic acids is 3. The lowest BCUT2D eigenvalue weighted by Crippen LogP contribution is -2.53. The minimum Gasteiger partial charge on any atom is -0.445 e. The molecule has 0 fully saturated rings. The summed E-state index contributed by atoms with van der Waals surface area (Å²) in [6, 6.07) is 8.25. The Balaban J connectivity index is 2.86. The van der Waals surface area contributed by atoms with Crippen LogP contribution in [0.1, 0.15) is 5.56 Å². The van der Waals surface area contributed by atoms with Gasteiger partial charge in [-0.25, -0.2) is 4.79 Å². The van der Waals surface area contributed by atoms with Gasteiger partial charge in [0.2, 0.25) is 0 Å². The summed E-state index contributed by atoms with van der Waals surface area (Å²) in [6.45, 7) is -2.89. The third kappa shape index (κ3) is 7.60. The van der Waals surface area contributed by atoms with Crippen LogP contribution in [0.25, 0.3) is 0 Å². The molecule has 3 amide bonds. The van der Waals surface area contributed by atoms with Crippen LogP contribution in [-0.2, 0) is 20.9 Å². The van der Waals surface area contributed by atoms with E-state index >= 15 is 0 Å². The molecule has 162 valence electrons. The van der Waals surface area contributed by atoms with Gasteiger partial charge in [0, 0.05) is 26.2 Å². The summed E-state index contributed by atoms with van der Waals surface area (Å²) in [7, 11) is 0. The molecule has 0 aliphatic carbocycles. The molecule has 1 aromatic carbocycles. The molecule has 13 heteroatoms. The van der Waals surface area contributed by atoms with Crippen molar-refractivity contribution in [1.82, 2.24) is 9.80 Å². The van der Waals surface area contributed by atoms with Crippen LogP contribution in [0.4, 0.5) is 31.1 Å². The van der Waals surface area contributed by atoms with Crippen LogP contribution < -0.4 is 5.73 Å². The summed E-state index contributed by atoms with van der Waals surface area (Å²) in [6.07, 6.45) is -12.5. The van der Waals surface area contributed by atoms with Crippen molar-refractivity contribution in [2.75, 3.05) is 26.2 Å². The number of imide groups is 1. The largest absolute Gasteiger partial charge is 0.471 e. The van der Waals surface area contributed by atoms with E-state index in [1.54, 1.807) is 30.3 Å². The number of rotatable bonds is 7. The smallest absolute Gasteiger partial charge is 0.445 e. The Labute approximate surface area is 161 Å². The van der Waals surface area contributed by atoms with E-state index in [1.807, 2.05) is 0 Å². The molecule has 0 spiro atoms. The van der Waals surface area contributed by atoms with Gasteiger partial charge in [-0.15, -0.1) is 0 Å². The standard InChI is InChI=1S/C16H17F6N3O4/c17-15(18,19)12(26)25(13(27)16(20,21)22)9-8-24(7-6-23)14(28)29-10-11-4-2-1-3-5-11/h1-5H,6-10,23H2. The van der Waals surface area contributed by atoms with E-state index in [2.05, 4.69) is 0 Å². The Morgan fingerprint density at radius 3 is 1.83 bits per heavy atom. The van der Waals surface area contributed by atoms with Crippen LogP contribution >= 0.6 is 0 Å². The summed E-state index contributed by atoms with van der Waals surface area (Å²) in [5.41, 5.74) is 5.86. The first-order chi connectivity index (χ1) is 13.4. The summed E-state index contributed by atoms with van der Waals surface area (Å²) in [4.78, 5) is 34.2. The number of hydrogen-bond acceptors (Lipinski definition) is 5. The summed E-state index contributed by atoms with van der Waals surface area (Å²) < 4.78 is 80.2. The highest BCUT2D eigenvalue weighted by molar-refractivity contribution is 6.00. The number of nitrogens with zero attached hydrogens (tertiary/aromatic N) is 2. The van der Waals surface area contributed by atoms with Crippen LogP contribution in [0.2, 0.25) is 0 Å². The molecule has 1 aromatic rings. The number of nitrogens with two attached hydrogens (primary N) is 1. The molecule has 29 heavy (non-hydrogen) atoms. The zero-order valence-electron chi connectivity index (χ0n) is 14.8. The number of carbonyl (C=O) groups is 3. The van der Waals surface area contributed by atoms with Gasteiger partial charge in [-0.3, -0.25) is 14.5 Å². The second-order valence-electron chi connectivity index (χ2n) is 5.57. The Kier molecular flexibility index (Phi) is 8.42. The molecular formula is C16H17F6N3O4. The maximum atomic E-state index is 12.6. The Morgan fingerprint density at radius 2 is 1.38 bits per heavy atom. The quantitative estimate of drug-likeness (QED) is 0.670. The third-order valence-corrected chi connectivity index (χ3v) is 3.43. The number of alkyl halides is 6. The highest BCUT2D eigenvalue weighted by Gasteiger charge is 2.51. The summed E-state index contributed by atoms with van der Waals surface area (Å²) >= 11 is 0. The fourth-order valence-electron chi connectivity index (χ4n) is 2.08. The van der Waals surface area contributed by atoms with E-state index < -0.39 is 48.2 Å². The average Bonchev–Trinajstić information content (AvgIpc) is 2.64. The SMILES string of the molecule is NCCN(CCN(C(=O)C(F)(F)F)C(=O)C(F)(F)F)C(=O)OCc1ccccc1. The molecule has 0 aliphatic rings. The first-order valence-electron chi connectivity index (χ1n) is 8.03. The highest BCUT2D eigenvalue weighted by atomic mass is 19.4. The van der Waals surface area contributed by atoms with Gasteiger partial charge in [0.25, 0.3) is 0 Å². The maximum Gasteiger partial charge on any atom is 0.471 e. The van der Waals surface area contributed by atoms with Gasteiger partial charge in [-0.05, 0) is 5.56 Å². The van der Waals surface area contributed by atoms with Crippen molar-refractivity contribution in [2.45, 2.75) is 19.0 Å². The van der Waals surface area contributed by atoms with Gasteiger partial charge in [0.1, 0.15) is 6.61 Å². The molecule has 0 unspecified atom stereocenters. The van der Waals surface area contributed by atoms with Crippen molar-refractivity contribution in [2.24, 2.45) is 5.73 Å². The molecule has 0 radical (unpaired) electrons. The predicted molar refractivity (Wildman–Crippen MR) is 86.1 cm³/mol. The molecule has 1 rings (SSSR count). The predicted octanol–water partition coefficient (Wildman–Crippen LogP) is 2.06. The van der Waals surface area contributed by atoms with Gasteiger partial charge in [0.15, 0.2) is 0 Å². The minimum atomic E-state index is -5.71. The van der Waals surface area contributed by atoms with Gasteiger partial charge >= 0.3 is 30.3 Å². The molecule has 7 nitrogen and oxygen atoms in total. The number of halogens is 6.